The summed E-state index contributed by atoms with van der Waals surface area (Å²) in [6, 6.07) is 10.3. The van der Waals surface area contributed by atoms with E-state index in [2.05, 4.69) is 5.32 Å². The molecule has 3 aromatic rings. The van der Waals surface area contributed by atoms with Crippen LogP contribution in [-0.2, 0) is 20.6 Å². The van der Waals surface area contributed by atoms with Crippen molar-refractivity contribution in [2.45, 2.75) is 6.54 Å². The van der Waals surface area contributed by atoms with Gasteiger partial charge in [0, 0.05) is 20.6 Å². The first-order valence-electron chi connectivity index (χ1n) is 7.29. The number of fused-ring (bicyclic) bond motifs is 1. The van der Waals surface area contributed by atoms with Crippen LogP contribution in [0.1, 0.15) is 15.9 Å². The van der Waals surface area contributed by atoms with Crippen LogP contribution in [0.15, 0.2) is 41.2 Å². The largest absolute Gasteiger partial charge is 0.478 e. The lowest BCUT2D eigenvalue weighted by atomic mass is 10.1. The highest BCUT2D eigenvalue weighted by Gasteiger charge is 2.10. The summed E-state index contributed by atoms with van der Waals surface area (Å²) in [5, 5.41) is 12.6. The summed E-state index contributed by atoms with van der Waals surface area (Å²) in [6.07, 6.45) is 0. The van der Waals surface area contributed by atoms with Crippen LogP contribution in [0.5, 0.6) is 0 Å². The minimum atomic E-state index is -1.00. The second-order valence-corrected chi connectivity index (χ2v) is 5.98. The van der Waals surface area contributed by atoms with Gasteiger partial charge < -0.3 is 10.4 Å². The van der Waals surface area contributed by atoms with E-state index in [0.717, 1.165) is 16.6 Å². The predicted molar refractivity (Wildman–Crippen MR) is 93.9 cm³/mol. The lowest BCUT2D eigenvalue weighted by molar-refractivity contribution is 0.0697. The first kappa shape index (κ1) is 16.1. The summed E-state index contributed by atoms with van der Waals surface area (Å²) in [7, 11) is 3.47. The number of rotatable bonds is 4. The molecule has 0 aliphatic carbocycles. The molecule has 0 aliphatic rings. The number of halogens is 1. The molecule has 2 N–H and O–H groups in total. The number of aromatic nitrogens is 2. The summed E-state index contributed by atoms with van der Waals surface area (Å²) < 4.78 is 3.19. The molecule has 6 nitrogen and oxygen atoms in total. The second-order valence-electron chi connectivity index (χ2n) is 5.58. The number of benzene rings is 2. The molecule has 0 unspecified atom stereocenters. The normalized spacial score (nSPS) is 11.0. The fourth-order valence-electron chi connectivity index (χ4n) is 2.65. The van der Waals surface area contributed by atoms with Crippen molar-refractivity contribution in [3.8, 4) is 0 Å². The zero-order valence-corrected chi connectivity index (χ0v) is 14.0. The maximum atomic E-state index is 12.0. The minimum Gasteiger partial charge on any atom is -0.478 e. The molecule has 0 amide bonds. The molecule has 2 aromatic carbocycles. The Hall–Kier alpha value is -2.73. The molecule has 7 heteroatoms. The maximum absolute atomic E-state index is 12.0. The Kier molecular flexibility index (Phi) is 4.07. The van der Waals surface area contributed by atoms with Gasteiger partial charge in [0.2, 0.25) is 0 Å². The highest BCUT2D eigenvalue weighted by atomic mass is 35.5. The van der Waals surface area contributed by atoms with Crippen molar-refractivity contribution in [3.63, 3.8) is 0 Å². The molecule has 0 fully saturated rings. The number of hydrogen-bond acceptors (Lipinski definition) is 3. The van der Waals surface area contributed by atoms with Crippen LogP contribution in [0, 0.1) is 0 Å². The van der Waals surface area contributed by atoms with Gasteiger partial charge >= 0.3 is 11.7 Å². The summed E-state index contributed by atoms with van der Waals surface area (Å²) in [4.78, 5) is 23.0. The molecular weight excluding hydrogens is 330 g/mol. The second kappa shape index (κ2) is 6.05. The first-order chi connectivity index (χ1) is 11.4. The Labute approximate surface area is 142 Å². The molecule has 0 spiro atoms. The zero-order chi connectivity index (χ0) is 17.4. The van der Waals surface area contributed by atoms with Crippen LogP contribution in [0.25, 0.3) is 11.0 Å². The average molecular weight is 346 g/mol. The molecule has 0 saturated carbocycles. The van der Waals surface area contributed by atoms with Gasteiger partial charge in [-0.1, -0.05) is 17.7 Å². The average Bonchev–Trinajstić information content (AvgIpc) is 2.78. The number of aromatic carboxylic acids is 1. The van der Waals surface area contributed by atoms with Gasteiger partial charge in [0.15, 0.2) is 0 Å². The number of aryl methyl sites for hydroxylation is 2. The number of hydrogen-bond donors (Lipinski definition) is 2. The lowest BCUT2D eigenvalue weighted by Crippen LogP contribution is -2.19. The van der Waals surface area contributed by atoms with Crippen LogP contribution < -0.4 is 11.0 Å². The van der Waals surface area contributed by atoms with E-state index in [-0.39, 0.29) is 11.3 Å². The number of carbonyl (C=O) groups is 1. The number of carboxylic acid groups (broad SMARTS) is 1. The van der Waals surface area contributed by atoms with Gasteiger partial charge in [0.05, 0.1) is 27.3 Å². The SMILES string of the molecule is Cn1c(=O)n(C)c2cc(CNc3cc(C(=O)O)ccc3Cl)ccc21. The van der Waals surface area contributed by atoms with E-state index >= 15 is 0 Å². The van der Waals surface area contributed by atoms with Crippen molar-refractivity contribution in [1.82, 2.24) is 9.13 Å². The fourth-order valence-corrected chi connectivity index (χ4v) is 2.84. The van der Waals surface area contributed by atoms with E-state index in [0.29, 0.717) is 17.3 Å². The standard InChI is InChI=1S/C17H16ClN3O3/c1-20-14-6-3-10(7-15(14)21(2)17(20)24)9-19-13-8-11(16(22)23)4-5-12(13)18/h3-8,19H,9H2,1-2H3,(H,22,23). The van der Waals surface area contributed by atoms with Crippen molar-refractivity contribution in [2.24, 2.45) is 14.1 Å². The van der Waals surface area contributed by atoms with Gasteiger partial charge in [-0.3, -0.25) is 9.13 Å². The van der Waals surface area contributed by atoms with E-state index < -0.39 is 5.97 Å². The van der Waals surface area contributed by atoms with Crippen LogP contribution in [0.4, 0.5) is 5.69 Å². The van der Waals surface area contributed by atoms with Crippen molar-refractivity contribution in [2.75, 3.05) is 5.32 Å². The summed E-state index contributed by atoms with van der Waals surface area (Å²) in [5.41, 5.74) is 3.30. The maximum Gasteiger partial charge on any atom is 0.335 e. The predicted octanol–water partition coefficient (Wildman–Crippen LogP) is 2.84. The number of nitrogens with one attached hydrogen (secondary N) is 1. The summed E-state index contributed by atoms with van der Waals surface area (Å²) in [6.45, 7) is 0.460. The molecule has 24 heavy (non-hydrogen) atoms. The number of nitrogens with zero attached hydrogens (tertiary/aromatic N) is 2. The molecular formula is C17H16ClN3O3. The summed E-state index contributed by atoms with van der Waals surface area (Å²) >= 11 is 6.11. The van der Waals surface area contributed by atoms with E-state index in [9.17, 15) is 9.59 Å². The van der Waals surface area contributed by atoms with Crippen LogP contribution in [-0.4, -0.2) is 20.2 Å². The van der Waals surface area contributed by atoms with Crippen LogP contribution in [0.2, 0.25) is 5.02 Å². The van der Waals surface area contributed by atoms with Crippen molar-refractivity contribution in [3.05, 3.63) is 63.0 Å². The van der Waals surface area contributed by atoms with Crippen molar-refractivity contribution in [1.29, 1.82) is 0 Å². The van der Waals surface area contributed by atoms with E-state index in [1.807, 2.05) is 18.2 Å². The Balaban J connectivity index is 1.89. The molecule has 0 aliphatic heterocycles. The number of anilines is 1. The summed E-state index contributed by atoms with van der Waals surface area (Å²) in [5.74, 6) is -1.00. The molecule has 0 saturated heterocycles. The third-order valence-electron chi connectivity index (χ3n) is 4.03. The van der Waals surface area contributed by atoms with Gasteiger partial charge in [0.1, 0.15) is 0 Å². The Bertz CT molecular complexity index is 1000. The van der Waals surface area contributed by atoms with Gasteiger partial charge in [-0.25, -0.2) is 9.59 Å². The van der Waals surface area contributed by atoms with Crippen molar-refractivity contribution < 1.29 is 9.90 Å². The molecule has 1 aromatic heterocycles. The highest BCUT2D eigenvalue weighted by molar-refractivity contribution is 6.33. The van der Waals surface area contributed by atoms with Gasteiger partial charge in [-0.05, 0) is 35.9 Å². The fraction of sp³-hybridized carbons (Fsp3) is 0.176. The van der Waals surface area contributed by atoms with E-state index in [4.69, 9.17) is 16.7 Å². The molecule has 0 radical (unpaired) electrons. The topological polar surface area (TPSA) is 76.3 Å². The highest BCUT2D eigenvalue weighted by Crippen LogP contribution is 2.24. The quantitative estimate of drug-likeness (QED) is 0.762. The van der Waals surface area contributed by atoms with Gasteiger partial charge in [-0.2, -0.15) is 0 Å². The molecule has 3 rings (SSSR count). The molecule has 0 atom stereocenters. The third kappa shape index (κ3) is 2.76. The molecule has 124 valence electrons. The lowest BCUT2D eigenvalue weighted by Gasteiger charge is -2.10. The van der Waals surface area contributed by atoms with Crippen molar-refractivity contribution >= 4 is 34.3 Å². The minimum absolute atomic E-state index is 0.0766. The molecule has 0 bridgehead atoms. The van der Waals surface area contributed by atoms with Crippen LogP contribution in [0.3, 0.4) is 0 Å². The van der Waals surface area contributed by atoms with E-state index in [1.165, 1.54) is 12.1 Å². The van der Waals surface area contributed by atoms with Crippen LogP contribution >= 0.6 is 11.6 Å². The number of imidazole rings is 1. The number of carboxylic acids is 1. The molecule has 1 heterocycles. The Morgan fingerprint density at radius 3 is 2.54 bits per heavy atom. The smallest absolute Gasteiger partial charge is 0.335 e. The first-order valence-corrected chi connectivity index (χ1v) is 7.67. The Morgan fingerprint density at radius 1 is 1.12 bits per heavy atom. The monoisotopic (exact) mass is 345 g/mol. The Morgan fingerprint density at radius 2 is 1.83 bits per heavy atom. The van der Waals surface area contributed by atoms with E-state index in [1.54, 1.807) is 29.3 Å². The van der Waals surface area contributed by atoms with Gasteiger partial charge in [0.25, 0.3) is 0 Å². The zero-order valence-electron chi connectivity index (χ0n) is 13.2. The van der Waals surface area contributed by atoms with Gasteiger partial charge in [-0.15, -0.1) is 0 Å². The third-order valence-corrected chi connectivity index (χ3v) is 4.36.